The van der Waals surface area contributed by atoms with E-state index in [1.807, 2.05) is 19.1 Å². The summed E-state index contributed by atoms with van der Waals surface area (Å²) >= 11 is 3.41. The Balaban J connectivity index is 2.12. The highest BCUT2D eigenvalue weighted by molar-refractivity contribution is 9.10. The highest BCUT2D eigenvalue weighted by atomic mass is 79.9. The van der Waals surface area contributed by atoms with E-state index in [-0.39, 0.29) is 12.5 Å². The van der Waals surface area contributed by atoms with Gasteiger partial charge in [-0.1, -0.05) is 15.9 Å². The molecule has 0 unspecified atom stereocenters. The van der Waals surface area contributed by atoms with E-state index < -0.39 is 5.54 Å². The van der Waals surface area contributed by atoms with Gasteiger partial charge in [-0.15, -0.1) is 0 Å². The lowest BCUT2D eigenvalue weighted by atomic mass is 9.90. The van der Waals surface area contributed by atoms with Gasteiger partial charge in [-0.25, -0.2) is 0 Å². The fourth-order valence-electron chi connectivity index (χ4n) is 2.18. The molecule has 1 fully saturated rings. The molecular weight excluding hydrogens is 310 g/mol. The first-order chi connectivity index (χ1) is 9.06. The van der Waals surface area contributed by atoms with Crippen molar-refractivity contribution >= 4 is 21.8 Å². The summed E-state index contributed by atoms with van der Waals surface area (Å²) in [5.74, 6) is -0.147. The number of aliphatic hydroxyl groups excluding tert-OH is 1. The average molecular weight is 328 g/mol. The van der Waals surface area contributed by atoms with E-state index in [1.54, 1.807) is 6.07 Å². The van der Waals surface area contributed by atoms with Gasteiger partial charge in [0.05, 0.1) is 12.1 Å². The molecule has 1 aromatic rings. The van der Waals surface area contributed by atoms with Gasteiger partial charge in [0.15, 0.2) is 0 Å². The van der Waals surface area contributed by atoms with Gasteiger partial charge in [0.25, 0.3) is 5.91 Å². The number of nitrogens with one attached hydrogen (secondary N) is 1. The predicted molar refractivity (Wildman–Crippen MR) is 76.2 cm³/mol. The lowest BCUT2D eigenvalue weighted by molar-refractivity contribution is 0.0125. The maximum absolute atomic E-state index is 12.3. The van der Waals surface area contributed by atoms with Crippen molar-refractivity contribution in [1.29, 1.82) is 0 Å². The maximum atomic E-state index is 12.3. The Morgan fingerprint density at radius 2 is 2.16 bits per heavy atom. The topological polar surface area (TPSA) is 58.6 Å². The van der Waals surface area contributed by atoms with Gasteiger partial charge >= 0.3 is 0 Å². The van der Waals surface area contributed by atoms with E-state index in [0.717, 1.165) is 10.0 Å². The number of ether oxygens (including phenoxy) is 1. The smallest absolute Gasteiger partial charge is 0.251 e. The molecule has 1 saturated heterocycles. The van der Waals surface area contributed by atoms with Crippen LogP contribution in [-0.2, 0) is 4.74 Å². The summed E-state index contributed by atoms with van der Waals surface area (Å²) in [4.78, 5) is 12.3. The van der Waals surface area contributed by atoms with Crippen LogP contribution in [-0.4, -0.2) is 36.4 Å². The zero-order chi connectivity index (χ0) is 13.9. The zero-order valence-electron chi connectivity index (χ0n) is 10.9. The van der Waals surface area contributed by atoms with E-state index in [2.05, 4.69) is 21.2 Å². The minimum atomic E-state index is -0.545. The van der Waals surface area contributed by atoms with Gasteiger partial charge in [-0.05, 0) is 43.5 Å². The first-order valence-electron chi connectivity index (χ1n) is 6.34. The van der Waals surface area contributed by atoms with Gasteiger partial charge < -0.3 is 15.2 Å². The Hall–Kier alpha value is -0.910. The molecule has 0 saturated carbocycles. The highest BCUT2D eigenvalue weighted by Crippen LogP contribution is 2.22. The van der Waals surface area contributed by atoms with Crippen molar-refractivity contribution < 1.29 is 14.6 Å². The first-order valence-corrected chi connectivity index (χ1v) is 7.13. The fraction of sp³-hybridized carbons (Fsp3) is 0.500. The van der Waals surface area contributed by atoms with E-state index in [0.29, 0.717) is 31.6 Å². The lowest BCUT2D eigenvalue weighted by Gasteiger charge is -2.36. The van der Waals surface area contributed by atoms with Gasteiger partial charge in [-0.2, -0.15) is 0 Å². The number of rotatable bonds is 3. The molecule has 1 aliphatic rings. The number of aryl methyl sites for hydroxylation is 1. The molecule has 0 radical (unpaired) electrons. The van der Waals surface area contributed by atoms with E-state index >= 15 is 0 Å². The molecule has 0 atom stereocenters. The van der Waals surface area contributed by atoms with Crippen LogP contribution < -0.4 is 5.32 Å². The monoisotopic (exact) mass is 327 g/mol. The molecule has 0 aromatic heterocycles. The highest BCUT2D eigenvalue weighted by Gasteiger charge is 2.33. The third-order valence-electron chi connectivity index (χ3n) is 3.55. The Kier molecular flexibility index (Phi) is 4.60. The van der Waals surface area contributed by atoms with E-state index in [4.69, 9.17) is 4.74 Å². The van der Waals surface area contributed by atoms with Gasteiger partial charge in [0.1, 0.15) is 0 Å². The fourth-order valence-corrected chi connectivity index (χ4v) is 2.43. The van der Waals surface area contributed by atoms with Crippen molar-refractivity contribution in [1.82, 2.24) is 5.32 Å². The molecule has 0 aliphatic carbocycles. The maximum Gasteiger partial charge on any atom is 0.251 e. The Morgan fingerprint density at radius 3 is 2.74 bits per heavy atom. The Labute approximate surface area is 121 Å². The van der Waals surface area contributed by atoms with Gasteiger partial charge in [0, 0.05) is 23.2 Å². The van der Waals surface area contributed by atoms with Crippen molar-refractivity contribution in [2.24, 2.45) is 0 Å². The SMILES string of the molecule is Cc1cc(C(=O)NC2(CO)CCOCC2)ccc1Br. The minimum absolute atomic E-state index is 0.0579. The standard InChI is InChI=1S/C14H18BrNO3/c1-10-8-11(2-3-12(10)15)13(18)16-14(9-17)4-6-19-7-5-14/h2-3,8,17H,4-7,9H2,1H3,(H,16,18). The number of amides is 1. The number of carbonyl (C=O) groups is 1. The zero-order valence-corrected chi connectivity index (χ0v) is 12.5. The van der Waals surface area contributed by atoms with Crippen molar-refractivity contribution in [2.45, 2.75) is 25.3 Å². The van der Waals surface area contributed by atoms with Crippen molar-refractivity contribution in [2.75, 3.05) is 19.8 Å². The van der Waals surface area contributed by atoms with Crippen LogP contribution in [0.2, 0.25) is 0 Å². The molecule has 0 bridgehead atoms. The molecule has 4 nitrogen and oxygen atoms in total. The summed E-state index contributed by atoms with van der Waals surface area (Å²) in [5, 5.41) is 12.5. The molecule has 1 amide bonds. The summed E-state index contributed by atoms with van der Waals surface area (Å²) in [5.41, 5.74) is 1.08. The molecule has 0 spiro atoms. The Bertz CT molecular complexity index is 470. The second-order valence-electron chi connectivity index (χ2n) is 4.97. The number of carbonyl (C=O) groups excluding carboxylic acids is 1. The summed E-state index contributed by atoms with van der Waals surface area (Å²) < 4.78 is 6.26. The average Bonchev–Trinajstić information content (AvgIpc) is 2.43. The largest absolute Gasteiger partial charge is 0.394 e. The lowest BCUT2D eigenvalue weighted by Crippen LogP contribution is -2.54. The van der Waals surface area contributed by atoms with Crippen LogP contribution in [0.5, 0.6) is 0 Å². The van der Waals surface area contributed by atoms with Gasteiger partial charge in [0.2, 0.25) is 0 Å². The van der Waals surface area contributed by atoms with E-state index in [9.17, 15) is 9.90 Å². The number of halogens is 1. The third kappa shape index (κ3) is 3.35. The van der Waals surface area contributed by atoms with Crippen LogP contribution in [0.15, 0.2) is 22.7 Å². The second kappa shape index (κ2) is 6.03. The molecule has 104 valence electrons. The van der Waals surface area contributed by atoms with Crippen molar-refractivity contribution in [3.05, 3.63) is 33.8 Å². The summed E-state index contributed by atoms with van der Waals surface area (Å²) in [7, 11) is 0. The summed E-state index contributed by atoms with van der Waals surface area (Å²) in [6.07, 6.45) is 1.29. The minimum Gasteiger partial charge on any atom is -0.394 e. The molecular formula is C14H18BrNO3. The Morgan fingerprint density at radius 1 is 1.47 bits per heavy atom. The molecule has 1 aromatic carbocycles. The second-order valence-corrected chi connectivity index (χ2v) is 5.82. The summed E-state index contributed by atoms with van der Waals surface area (Å²) in [6, 6.07) is 5.47. The number of hydrogen-bond acceptors (Lipinski definition) is 3. The number of aliphatic hydroxyl groups is 1. The van der Waals surface area contributed by atoms with Crippen LogP contribution >= 0.6 is 15.9 Å². The van der Waals surface area contributed by atoms with Crippen LogP contribution in [0.4, 0.5) is 0 Å². The number of benzene rings is 1. The van der Waals surface area contributed by atoms with Crippen LogP contribution in [0, 0.1) is 6.92 Å². The van der Waals surface area contributed by atoms with Crippen molar-refractivity contribution in [3.8, 4) is 0 Å². The molecule has 1 aliphatic heterocycles. The predicted octanol–water partition coefficient (Wildman–Crippen LogP) is 2.03. The molecule has 19 heavy (non-hydrogen) atoms. The number of hydrogen-bond donors (Lipinski definition) is 2. The molecule has 1 heterocycles. The first kappa shape index (κ1) is 14.5. The van der Waals surface area contributed by atoms with Crippen molar-refractivity contribution in [3.63, 3.8) is 0 Å². The van der Waals surface area contributed by atoms with Crippen LogP contribution in [0.25, 0.3) is 0 Å². The summed E-state index contributed by atoms with van der Waals surface area (Å²) in [6.45, 7) is 3.02. The normalized spacial score (nSPS) is 18.1. The molecule has 5 heteroatoms. The van der Waals surface area contributed by atoms with E-state index in [1.165, 1.54) is 0 Å². The molecule has 2 rings (SSSR count). The third-order valence-corrected chi connectivity index (χ3v) is 4.44. The van der Waals surface area contributed by atoms with Crippen LogP contribution in [0.1, 0.15) is 28.8 Å². The van der Waals surface area contributed by atoms with Crippen LogP contribution in [0.3, 0.4) is 0 Å². The van der Waals surface area contributed by atoms with Gasteiger partial charge in [-0.3, -0.25) is 4.79 Å². The quantitative estimate of drug-likeness (QED) is 0.893. The molecule has 2 N–H and O–H groups in total.